The molecule has 0 saturated carbocycles. The maximum absolute atomic E-state index is 11.9. The van der Waals surface area contributed by atoms with Gasteiger partial charge in [0.1, 0.15) is 6.61 Å². The zero-order valence-corrected chi connectivity index (χ0v) is 11.6. The molecule has 0 fully saturated rings. The summed E-state index contributed by atoms with van der Waals surface area (Å²) in [6.07, 6.45) is -4.34. The molecule has 0 aromatic heterocycles. The molecule has 4 N–H and O–H groups in total. The fourth-order valence-corrected chi connectivity index (χ4v) is 1.56. The summed E-state index contributed by atoms with van der Waals surface area (Å²) in [6.45, 7) is 1.04. The quantitative estimate of drug-likeness (QED) is 0.532. The van der Waals surface area contributed by atoms with Gasteiger partial charge in [-0.05, 0) is 25.1 Å². The van der Waals surface area contributed by atoms with E-state index in [2.05, 4.69) is 15.4 Å². The van der Waals surface area contributed by atoms with Gasteiger partial charge >= 0.3 is 6.18 Å². The van der Waals surface area contributed by atoms with Crippen molar-refractivity contribution in [2.24, 2.45) is 0 Å². The zero-order valence-electron chi connectivity index (χ0n) is 11.6. The highest BCUT2D eigenvalue weighted by Gasteiger charge is 2.27. The van der Waals surface area contributed by atoms with Crippen molar-refractivity contribution in [1.82, 2.24) is 5.32 Å². The van der Waals surface area contributed by atoms with Gasteiger partial charge < -0.3 is 21.1 Å². The average molecular weight is 305 g/mol. The van der Waals surface area contributed by atoms with Crippen LogP contribution < -0.4 is 16.4 Å². The number of halogens is 3. The SMILES string of the molecule is CCNC(=O)c1ccc(N)c(NCCOCC(F)(F)F)c1. The van der Waals surface area contributed by atoms with Crippen LogP contribution in [0.25, 0.3) is 0 Å². The topological polar surface area (TPSA) is 76.4 Å². The molecule has 0 aliphatic heterocycles. The number of amides is 1. The van der Waals surface area contributed by atoms with Crippen LogP contribution in [-0.2, 0) is 4.74 Å². The molecule has 0 saturated heterocycles. The van der Waals surface area contributed by atoms with Gasteiger partial charge in [-0.25, -0.2) is 0 Å². The largest absolute Gasteiger partial charge is 0.411 e. The van der Waals surface area contributed by atoms with Crippen molar-refractivity contribution in [3.8, 4) is 0 Å². The molecular weight excluding hydrogens is 287 g/mol. The van der Waals surface area contributed by atoms with E-state index in [0.29, 0.717) is 23.5 Å². The van der Waals surface area contributed by atoms with E-state index in [1.165, 1.54) is 0 Å². The third kappa shape index (κ3) is 6.35. The lowest BCUT2D eigenvalue weighted by molar-refractivity contribution is -0.172. The number of nitrogen functional groups attached to an aromatic ring is 1. The molecule has 0 aliphatic carbocycles. The summed E-state index contributed by atoms with van der Waals surface area (Å²) in [7, 11) is 0. The molecule has 0 spiro atoms. The molecule has 1 amide bonds. The van der Waals surface area contributed by atoms with Crippen molar-refractivity contribution < 1.29 is 22.7 Å². The van der Waals surface area contributed by atoms with E-state index in [9.17, 15) is 18.0 Å². The second-order valence-corrected chi connectivity index (χ2v) is 4.26. The first-order valence-corrected chi connectivity index (χ1v) is 6.39. The Bertz CT molecular complexity index is 478. The van der Waals surface area contributed by atoms with E-state index in [0.717, 1.165) is 0 Å². The Morgan fingerprint density at radius 1 is 1.38 bits per heavy atom. The summed E-state index contributed by atoms with van der Waals surface area (Å²) in [6, 6.07) is 4.68. The van der Waals surface area contributed by atoms with Crippen LogP contribution in [0.1, 0.15) is 17.3 Å². The number of rotatable bonds is 7. The number of benzene rings is 1. The van der Waals surface area contributed by atoms with Gasteiger partial charge in [-0.1, -0.05) is 0 Å². The predicted octanol–water partition coefficient (Wildman–Crippen LogP) is 2.01. The van der Waals surface area contributed by atoms with Gasteiger partial charge in [-0.3, -0.25) is 4.79 Å². The van der Waals surface area contributed by atoms with Crippen LogP contribution >= 0.6 is 0 Å². The number of ether oxygens (including phenoxy) is 1. The van der Waals surface area contributed by atoms with Crippen LogP contribution in [0.2, 0.25) is 0 Å². The standard InChI is InChI=1S/C13H18F3N3O2/c1-2-18-12(20)9-3-4-10(17)11(7-9)19-5-6-21-8-13(14,15)16/h3-4,7,19H,2,5-6,8,17H2,1H3,(H,18,20). The van der Waals surface area contributed by atoms with Gasteiger partial charge in [-0.15, -0.1) is 0 Å². The molecule has 0 unspecified atom stereocenters. The maximum atomic E-state index is 11.9. The highest BCUT2D eigenvalue weighted by Crippen LogP contribution is 2.20. The summed E-state index contributed by atoms with van der Waals surface area (Å²) in [5, 5.41) is 5.48. The molecule has 0 atom stereocenters. The van der Waals surface area contributed by atoms with Gasteiger partial charge in [0.2, 0.25) is 0 Å². The molecule has 0 bridgehead atoms. The van der Waals surface area contributed by atoms with Crippen molar-refractivity contribution >= 4 is 17.3 Å². The Hall–Kier alpha value is -1.96. The van der Waals surface area contributed by atoms with Gasteiger partial charge in [0, 0.05) is 18.7 Å². The Labute approximate surface area is 120 Å². The molecule has 0 heterocycles. The molecule has 21 heavy (non-hydrogen) atoms. The Kier molecular flexibility index (Phi) is 6.29. The van der Waals surface area contributed by atoms with Gasteiger partial charge in [0.25, 0.3) is 5.91 Å². The second-order valence-electron chi connectivity index (χ2n) is 4.26. The minimum Gasteiger partial charge on any atom is -0.397 e. The maximum Gasteiger partial charge on any atom is 0.411 e. The summed E-state index contributed by atoms with van der Waals surface area (Å²) in [5.41, 5.74) is 7.04. The number of hydrogen-bond donors (Lipinski definition) is 3. The van der Waals surface area contributed by atoms with Gasteiger partial charge in [0.05, 0.1) is 18.0 Å². The molecular formula is C13H18F3N3O2. The van der Waals surface area contributed by atoms with Crippen LogP contribution in [0, 0.1) is 0 Å². The van der Waals surface area contributed by atoms with Crippen molar-refractivity contribution in [2.45, 2.75) is 13.1 Å². The Morgan fingerprint density at radius 2 is 2.10 bits per heavy atom. The minimum absolute atomic E-state index is 0.121. The van der Waals surface area contributed by atoms with Crippen LogP contribution in [0.5, 0.6) is 0 Å². The number of carbonyl (C=O) groups excluding carboxylic acids is 1. The third-order valence-corrected chi connectivity index (χ3v) is 2.48. The number of nitrogens with two attached hydrogens (primary N) is 1. The highest BCUT2D eigenvalue weighted by molar-refractivity contribution is 5.96. The fourth-order valence-electron chi connectivity index (χ4n) is 1.56. The van der Waals surface area contributed by atoms with E-state index in [1.807, 2.05) is 0 Å². The summed E-state index contributed by atoms with van der Waals surface area (Å²) in [4.78, 5) is 11.7. The highest BCUT2D eigenvalue weighted by atomic mass is 19.4. The molecule has 1 aromatic carbocycles. The minimum atomic E-state index is -4.34. The molecule has 118 valence electrons. The number of anilines is 2. The predicted molar refractivity (Wildman–Crippen MR) is 74.2 cm³/mol. The van der Waals surface area contributed by atoms with Crippen molar-refractivity contribution in [3.05, 3.63) is 23.8 Å². The number of carbonyl (C=O) groups is 1. The lowest BCUT2D eigenvalue weighted by atomic mass is 10.1. The first-order valence-electron chi connectivity index (χ1n) is 6.39. The Morgan fingerprint density at radius 3 is 2.71 bits per heavy atom. The zero-order chi connectivity index (χ0) is 15.9. The fraction of sp³-hybridized carbons (Fsp3) is 0.462. The van der Waals surface area contributed by atoms with Crippen LogP contribution in [0.15, 0.2) is 18.2 Å². The molecule has 0 radical (unpaired) electrons. The first-order chi connectivity index (χ1) is 9.83. The molecule has 8 heteroatoms. The number of nitrogens with one attached hydrogen (secondary N) is 2. The van der Waals surface area contributed by atoms with E-state index in [4.69, 9.17) is 5.73 Å². The van der Waals surface area contributed by atoms with E-state index < -0.39 is 12.8 Å². The summed E-state index contributed by atoms with van der Waals surface area (Å²) in [5.74, 6) is -0.242. The third-order valence-electron chi connectivity index (χ3n) is 2.48. The van der Waals surface area contributed by atoms with Gasteiger partial charge in [-0.2, -0.15) is 13.2 Å². The van der Waals surface area contributed by atoms with Crippen molar-refractivity contribution in [1.29, 1.82) is 0 Å². The van der Waals surface area contributed by atoms with E-state index in [1.54, 1.807) is 25.1 Å². The second kappa shape index (κ2) is 7.72. The normalized spacial score (nSPS) is 11.2. The van der Waals surface area contributed by atoms with E-state index in [-0.39, 0.29) is 19.1 Å². The van der Waals surface area contributed by atoms with Crippen LogP contribution in [0.3, 0.4) is 0 Å². The lowest BCUT2D eigenvalue weighted by Crippen LogP contribution is -2.23. The monoisotopic (exact) mass is 305 g/mol. The Balaban J connectivity index is 2.51. The smallest absolute Gasteiger partial charge is 0.397 e. The molecule has 0 aliphatic rings. The van der Waals surface area contributed by atoms with Crippen molar-refractivity contribution in [2.75, 3.05) is 37.4 Å². The van der Waals surface area contributed by atoms with Gasteiger partial charge in [0.15, 0.2) is 0 Å². The summed E-state index contributed by atoms with van der Waals surface area (Å²) < 4.78 is 40.1. The number of alkyl halides is 3. The van der Waals surface area contributed by atoms with Crippen LogP contribution in [-0.4, -0.2) is 38.4 Å². The van der Waals surface area contributed by atoms with Crippen LogP contribution in [0.4, 0.5) is 24.5 Å². The van der Waals surface area contributed by atoms with E-state index >= 15 is 0 Å². The molecule has 5 nitrogen and oxygen atoms in total. The summed E-state index contributed by atoms with van der Waals surface area (Å²) >= 11 is 0. The van der Waals surface area contributed by atoms with Crippen molar-refractivity contribution in [3.63, 3.8) is 0 Å². The average Bonchev–Trinajstić information content (AvgIpc) is 2.39. The molecule has 1 rings (SSSR count). The number of hydrogen-bond acceptors (Lipinski definition) is 4. The first kappa shape index (κ1) is 17.1. The molecule has 1 aromatic rings. The lowest BCUT2D eigenvalue weighted by Gasteiger charge is -2.12.